The fourth-order valence-corrected chi connectivity index (χ4v) is 3.09. The van der Waals surface area contributed by atoms with Gasteiger partial charge in [0.1, 0.15) is 5.82 Å². The van der Waals surface area contributed by atoms with Crippen molar-refractivity contribution in [1.82, 2.24) is 9.55 Å². The molecule has 0 bridgehead atoms. The summed E-state index contributed by atoms with van der Waals surface area (Å²) >= 11 is -1.76. The number of hydrogen-bond acceptors (Lipinski definition) is 3. The summed E-state index contributed by atoms with van der Waals surface area (Å²) < 4.78 is 90.6. The van der Waals surface area contributed by atoms with Crippen LogP contribution in [0.4, 0.5) is 26.3 Å². The number of halogens is 6. The second kappa shape index (κ2) is 7.73. The van der Waals surface area contributed by atoms with Gasteiger partial charge in [0.2, 0.25) is 0 Å². The van der Waals surface area contributed by atoms with Crippen LogP contribution in [-0.4, -0.2) is 14.1 Å². The number of alkyl halides is 6. The van der Waals surface area contributed by atoms with E-state index in [1.807, 2.05) is 0 Å². The zero-order chi connectivity index (χ0) is 21.4. The summed E-state index contributed by atoms with van der Waals surface area (Å²) in [5.41, 5.74) is -1.65. The SMILES string of the molecule is N[S+]([O-])c1ccc(-c2nc(C(F)(F)F)cn2Cc2cccc(C(F)(F)F)c2)cc1. The lowest BCUT2D eigenvalue weighted by molar-refractivity contribution is -0.141. The van der Waals surface area contributed by atoms with Gasteiger partial charge in [-0.15, -0.1) is 5.14 Å². The molecule has 0 amide bonds. The minimum absolute atomic E-state index is 0.0934. The van der Waals surface area contributed by atoms with E-state index in [-0.39, 0.29) is 28.4 Å². The van der Waals surface area contributed by atoms with E-state index in [0.29, 0.717) is 0 Å². The number of rotatable bonds is 4. The van der Waals surface area contributed by atoms with Crippen molar-refractivity contribution in [3.63, 3.8) is 0 Å². The molecule has 1 unspecified atom stereocenters. The second-order valence-electron chi connectivity index (χ2n) is 6.10. The highest BCUT2D eigenvalue weighted by molar-refractivity contribution is 7.89. The monoisotopic (exact) mass is 433 g/mol. The van der Waals surface area contributed by atoms with E-state index in [1.165, 1.54) is 36.4 Å². The number of aromatic nitrogens is 2. The Morgan fingerprint density at radius 3 is 2.17 bits per heavy atom. The van der Waals surface area contributed by atoms with E-state index in [4.69, 9.17) is 5.14 Å². The first-order valence-corrected chi connectivity index (χ1v) is 9.23. The summed E-state index contributed by atoms with van der Waals surface area (Å²) in [6.45, 7) is -0.257. The first-order valence-electron chi connectivity index (χ1n) is 8.02. The largest absolute Gasteiger partial charge is 0.593 e. The molecule has 0 aliphatic heterocycles. The van der Waals surface area contributed by atoms with Crippen molar-refractivity contribution in [2.75, 3.05) is 0 Å². The summed E-state index contributed by atoms with van der Waals surface area (Å²) in [5.74, 6) is -0.0934. The number of benzene rings is 2. The van der Waals surface area contributed by atoms with Crippen LogP contribution >= 0.6 is 0 Å². The molecule has 3 aromatic rings. The van der Waals surface area contributed by atoms with Gasteiger partial charge in [-0.3, -0.25) is 0 Å². The van der Waals surface area contributed by atoms with E-state index in [0.717, 1.165) is 22.9 Å². The van der Waals surface area contributed by atoms with E-state index in [2.05, 4.69) is 4.98 Å². The van der Waals surface area contributed by atoms with Crippen molar-refractivity contribution in [3.05, 3.63) is 71.5 Å². The number of nitrogens with two attached hydrogens (primary N) is 1. The Morgan fingerprint density at radius 1 is 0.966 bits per heavy atom. The Labute approximate surface area is 164 Å². The van der Waals surface area contributed by atoms with Gasteiger partial charge in [0.15, 0.2) is 10.6 Å². The average molecular weight is 433 g/mol. The maximum atomic E-state index is 13.1. The predicted octanol–water partition coefficient (Wildman–Crippen LogP) is 4.62. The van der Waals surface area contributed by atoms with Crippen LogP contribution in [0.1, 0.15) is 16.8 Å². The molecule has 0 aliphatic rings. The van der Waals surface area contributed by atoms with Gasteiger partial charge in [-0.1, -0.05) is 12.1 Å². The Kier molecular flexibility index (Phi) is 5.65. The fraction of sp³-hybridized carbons (Fsp3) is 0.167. The van der Waals surface area contributed by atoms with Crippen LogP contribution in [0.15, 0.2) is 59.6 Å². The van der Waals surface area contributed by atoms with Gasteiger partial charge in [-0.25, -0.2) is 4.98 Å². The second-order valence-corrected chi connectivity index (χ2v) is 7.16. The standard InChI is InChI=1S/C18H13F6N3OS/c19-17(20,21)13-3-1-2-11(8-13)9-27-10-15(18(22,23)24)26-16(27)12-4-6-14(7-5-12)29(25)28/h1-8,10H,9,25H2. The molecular formula is C18H13F6N3OS. The van der Waals surface area contributed by atoms with Crippen molar-refractivity contribution in [2.24, 2.45) is 5.14 Å². The molecule has 154 valence electrons. The van der Waals surface area contributed by atoms with Crippen LogP contribution in [0.2, 0.25) is 0 Å². The third-order valence-corrected chi connectivity index (χ3v) is 4.76. The highest BCUT2D eigenvalue weighted by Gasteiger charge is 2.35. The van der Waals surface area contributed by atoms with Gasteiger partial charge in [0.25, 0.3) is 0 Å². The molecule has 0 saturated heterocycles. The number of nitrogens with zero attached hydrogens (tertiary/aromatic N) is 2. The molecule has 0 radical (unpaired) electrons. The summed E-state index contributed by atoms with van der Waals surface area (Å²) in [7, 11) is 0. The zero-order valence-electron chi connectivity index (χ0n) is 14.5. The highest BCUT2D eigenvalue weighted by atomic mass is 32.2. The molecule has 0 saturated carbocycles. The predicted molar refractivity (Wildman–Crippen MR) is 93.8 cm³/mol. The first-order chi connectivity index (χ1) is 13.4. The Bertz CT molecular complexity index is 996. The molecule has 1 heterocycles. The Hall–Kier alpha value is -2.50. The molecule has 29 heavy (non-hydrogen) atoms. The lowest BCUT2D eigenvalue weighted by Crippen LogP contribution is -2.11. The third kappa shape index (κ3) is 4.92. The first kappa shape index (κ1) is 21.2. The highest BCUT2D eigenvalue weighted by Crippen LogP contribution is 2.33. The van der Waals surface area contributed by atoms with Crippen LogP contribution < -0.4 is 5.14 Å². The topological polar surface area (TPSA) is 66.9 Å². The van der Waals surface area contributed by atoms with Crippen LogP contribution in [0.3, 0.4) is 0 Å². The van der Waals surface area contributed by atoms with E-state index >= 15 is 0 Å². The molecule has 11 heteroatoms. The summed E-state index contributed by atoms with van der Waals surface area (Å²) in [6, 6.07) is 9.86. The van der Waals surface area contributed by atoms with Gasteiger partial charge < -0.3 is 9.12 Å². The van der Waals surface area contributed by atoms with E-state index in [1.54, 1.807) is 0 Å². The Morgan fingerprint density at radius 2 is 1.62 bits per heavy atom. The van der Waals surface area contributed by atoms with Crippen molar-refractivity contribution in [3.8, 4) is 11.4 Å². The molecular weight excluding hydrogens is 420 g/mol. The number of imidazole rings is 1. The van der Waals surface area contributed by atoms with Crippen LogP contribution in [0.25, 0.3) is 11.4 Å². The minimum atomic E-state index is -4.73. The molecule has 1 atom stereocenters. The lowest BCUT2D eigenvalue weighted by Gasteiger charge is -2.11. The summed E-state index contributed by atoms with van der Waals surface area (Å²) in [5, 5.41) is 5.26. The smallest absolute Gasteiger partial charge is 0.434 e. The van der Waals surface area contributed by atoms with Gasteiger partial charge in [-0.05, 0) is 42.0 Å². The molecule has 4 nitrogen and oxygen atoms in total. The molecule has 1 aromatic heterocycles. The van der Waals surface area contributed by atoms with Crippen molar-refractivity contribution >= 4 is 11.4 Å². The molecule has 0 aliphatic carbocycles. The lowest BCUT2D eigenvalue weighted by atomic mass is 10.1. The Balaban J connectivity index is 2.03. The van der Waals surface area contributed by atoms with E-state index < -0.39 is 35.0 Å². The van der Waals surface area contributed by atoms with E-state index in [9.17, 15) is 30.9 Å². The van der Waals surface area contributed by atoms with Crippen LogP contribution in [-0.2, 0) is 30.3 Å². The normalized spacial score (nSPS) is 13.5. The average Bonchev–Trinajstić information content (AvgIpc) is 3.05. The van der Waals surface area contributed by atoms with Gasteiger partial charge in [0, 0.05) is 18.3 Å². The molecule has 0 spiro atoms. The third-order valence-electron chi connectivity index (χ3n) is 4.02. The van der Waals surface area contributed by atoms with Crippen LogP contribution in [0, 0.1) is 0 Å². The maximum absolute atomic E-state index is 13.1. The molecule has 0 fully saturated rings. The minimum Gasteiger partial charge on any atom is -0.593 e. The molecule has 3 rings (SSSR count). The van der Waals surface area contributed by atoms with Gasteiger partial charge in [-0.2, -0.15) is 26.3 Å². The van der Waals surface area contributed by atoms with Crippen molar-refractivity contribution in [2.45, 2.75) is 23.8 Å². The molecule has 2 aromatic carbocycles. The quantitative estimate of drug-likeness (QED) is 0.483. The summed E-state index contributed by atoms with van der Waals surface area (Å²) in [4.78, 5) is 3.87. The zero-order valence-corrected chi connectivity index (χ0v) is 15.3. The van der Waals surface area contributed by atoms with Gasteiger partial charge in [0.05, 0.1) is 16.9 Å². The van der Waals surface area contributed by atoms with Crippen molar-refractivity contribution < 1.29 is 30.9 Å². The maximum Gasteiger partial charge on any atom is 0.434 e. The van der Waals surface area contributed by atoms with Crippen LogP contribution in [0.5, 0.6) is 0 Å². The van der Waals surface area contributed by atoms with Crippen molar-refractivity contribution in [1.29, 1.82) is 0 Å². The number of hydrogen-bond donors (Lipinski definition) is 1. The fourth-order valence-electron chi connectivity index (χ4n) is 2.68. The van der Waals surface area contributed by atoms with Gasteiger partial charge >= 0.3 is 12.4 Å². The summed E-state index contributed by atoms with van der Waals surface area (Å²) in [6.07, 6.45) is -8.56. The molecule has 2 N–H and O–H groups in total.